The molecule has 1 atom stereocenters. The van der Waals surface area contributed by atoms with Gasteiger partial charge in [-0.15, -0.1) is 0 Å². The molecule has 0 aromatic heterocycles. The summed E-state index contributed by atoms with van der Waals surface area (Å²) in [6.07, 6.45) is 9.24. The Kier molecular flexibility index (Phi) is 4.37. The lowest BCUT2D eigenvalue weighted by molar-refractivity contribution is -0.0727. The zero-order valence-electron chi connectivity index (χ0n) is 17.0. The van der Waals surface area contributed by atoms with Gasteiger partial charge in [0.05, 0.1) is 12.7 Å². The lowest BCUT2D eigenvalue weighted by atomic mass is 9.47. The van der Waals surface area contributed by atoms with Crippen LogP contribution in [0, 0.1) is 23.2 Å². The minimum Gasteiger partial charge on any atom is -0.496 e. The maximum absolute atomic E-state index is 13.3. The summed E-state index contributed by atoms with van der Waals surface area (Å²) >= 11 is 0. The van der Waals surface area contributed by atoms with Crippen LogP contribution in [0.15, 0.2) is 36.4 Å². The molecule has 6 rings (SSSR count). The molecule has 0 heterocycles. The SMILES string of the molecule is CCC(NC(=O)c1cc2ccccc2cc1OC)C12CC3CC(CC(C3)C1)C2. The largest absolute Gasteiger partial charge is 0.496 e. The molecule has 0 radical (unpaired) electrons. The fraction of sp³-hybridized carbons (Fsp3) is 0.560. The lowest BCUT2D eigenvalue weighted by Crippen LogP contribution is -2.56. The van der Waals surface area contributed by atoms with Gasteiger partial charge >= 0.3 is 0 Å². The number of benzene rings is 2. The van der Waals surface area contributed by atoms with Crippen LogP contribution in [0.2, 0.25) is 0 Å². The van der Waals surface area contributed by atoms with Crippen molar-refractivity contribution in [2.24, 2.45) is 23.2 Å². The van der Waals surface area contributed by atoms with E-state index in [1.165, 1.54) is 38.5 Å². The Hall–Kier alpha value is -2.03. The van der Waals surface area contributed by atoms with Crippen LogP contribution in [0.5, 0.6) is 5.75 Å². The Bertz CT molecular complexity index is 867. The monoisotopic (exact) mass is 377 g/mol. The molecule has 4 fully saturated rings. The highest BCUT2D eigenvalue weighted by atomic mass is 16.5. The molecule has 0 saturated heterocycles. The summed E-state index contributed by atoms with van der Waals surface area (Å²) in [6.45, 7) is 2.24. The van der Waals surface area contributed by atoms with Gasteiger partial charge in [0.25, 0.3) is 5.91 Å². The van der Waals surface area contributed by atoms with Crippen LogP contribution in [-0.2, 0) is 0 Å². The number of methoxy groups -OCH3 is 1. The number of carbonyl (C=O) groups is 1. The van der Waals surface area contributed by atoms with Gasteiger partial charge in [0.2, 0.25) is 0 Å². The maximum atomic E-state index is 13.3. The Morgan fingerprint density at radius 1 is 1.07 bits per heavy atom. The first kappa shape index (κ1) is 18.0. The summed E-state index contributed by atoms with van der Waals surface area (Å²) < 4.78 is 5.58. The van der Waals surface area contributed by atoms with Crippen molar-refractivity contribution in [1.82, 2.24) is 5.32 Å². The van der Waals surface area contributed by atoms with E-state index in [9.17, 15) is 4.79 Å². The zero-order valence-corrected chi connectivity index (χ0v) is 17.0. The molecule has 3 nitrogen and oxygen atoms in total. The van der Waals surface area contributed by atoms with Gasteiger partial charge in [0, 0.05) is 6.04 Å². The molecule has 2 aromatic rings. The van der Waals surface area contributed by atoms with E-state index in [1.807, 2.05) is 24.3 Å². The Morgan fingerprint density at radius 3 is 2.18 bits per heavy atom. The summed E-state index contributed by atoms with van der Waals surface area (Å²) in [7, 11) is 1.65. The standard InChI is InChI=1S/C25H31NO2/c1-3-23(25-13-16-8-17(14-25)10-18(9-16)15-25)26-24(27)21-11-19-6-4-5-7-20(19)12-22(21)28-2/h4-7,11-12,16-18,23H,3,8-10,13-15H2,1-2H3,(H,26,27). The van der Waals surface area contributed by atoms with Gasteiger partial charge in [-0.2, -0.15) is 0 Å². The number of amides is 1. The molecule has 28 heavy (non-hydrogen) atoms. The van der Waals surface area contributed by atoms with E-state index in [2.05, 4.69) is 24.4 Å². The first-order valence-electron chi connectivity index (χ1n) is 11.0. The number of ether oxygens (including phenoxy) is 1. The molecule has 0 aliphatic heterocycles. The first-order valence-corrected chi connectivity index (χ1v) is 11.0. The highest BCUT2D eigenvalue weighted by Crippen LogP contribution is 2.61. The summed E-state index contributed by atoms with van der Waals surface area (Å²) in [5, 5.41) is 5.64. The number of carbonyl (C=O) groups excluding carboxylic acids is 1. The van der Waals surface area contributed by atoms with E-state index in [0.717, 1.165) is 34.9 Å². The Morgan fingerprint density at radius 2 is 1.64 bits per heavy atom. The number of fused-ring (bicyclic) bond motifs is 1. The number of nitrogens with one attached hydrogen (secondary N) is 1. The normalized spacial score (nSPS) is 31.7. The molecule has 3 heteroatoms. The summed E-state index contributed by atoms with van der Waals surface area (Å²) in [6, 6.07) is 12.4. The van der Waals surface area contributed by atoms with Gasteiger partial charge in [-0.25, -0.2) is 0 Å². The third kappa shape index (κ3) is 2.91. The second kappa shape index (κ2) is 6.79. The molecule has 4 aliphatic rings. The average molecular weight is 378 g/mol. The van der Waals surface area contributed by atoms with Crippen molar-refractivity contribution in [2.45, 2.75) is 57.9 Å². The van der Waals surface area contributed by atoms with Crippen LogP contribution in [0.25, 0.3) is 10.8 Å². The van der Waals surface area contributed by atoms with E-state index in [0.29, 0.717) is 16.7 Å². The highest BCUT2D eigenvalue weighted by molar-refractivity contribution is 6.01. The quantitative estimate of drug-likeness (QED) is 0.739. The van der Waals surface area contributed by atoms with Crippen LogP contribution >= 0.6 is 0 Å². The molecule has 0 spiro atoms. The van der Waals surface area contributed by atoms with E-state index >= 15 is 0 Å². The number of rotatable bonds is 5. The molecule has 4 saturated carbocycles. The van der Waals surface area contributed by atoms with Crippen molar-refractivity contribution in [3.8, 4) is 5.75 Å². The molecule has 1 N–H and O–H groups in total. The summed E-state index contributed by atoms with van der Waals surface area (Å²) in [5.74, 6) is 3.37. The van der Waals surface area contributed by atoms with Gasteiger partial charge in [-0.05, 0) is 91.0 Å². The van der Waals surface area contributed by atoms with Crippen LogP contribution in [-0.4, -0.2) is 19.1 Å². The Balaban J connectivity index is 1.43. The minimum absolute atomic E-state index is 0.0187. The van der Waals surface area contributed by atoms with Crippen LogP contribution in [0.4, 0.5) is 0 Å². The summed E-state index contributed by atoms with van der Waals surface area (Å²) in [5.41, 5.74) is 0.979. The van der Waals surface area contributed by atoms with E-state index in [4.69, 9.17) is 4.74 Å². The van der Waals surface area contributed by atoms with Crippen LogP contribution < -0.4 is 10.1 Å². The maximum Gasteiger partial charge on any atom is 0.255 e. The fourth-order valence-electron chi connectivity index (χ4n) is 7.09. The fourth-order valence-corrected chi connectivity index (χ4v) is 7.09. The van der Waals surface area contributed by atoms with Gasteiger partial charge in [0.1, 0.15) is 5.75 Å². The van der Waals surface area contributed by atoms with Gasteiger partial charge in [-0.1, -0.05) is 31.2 Å². The molecule has 148 valence electrons. The molecule has 2 aromatic carbocycles. The van der Waals surface area contributed by atoms with Gasteiger partial charge in [0.15, 0.2) is 0 Å². The third-order valence-electron chi connectivity index (χ3n) is 7.85. The second-order valence-corrected chi connectivity index (χ2v) is 9.61. The minimum atomic E-state index is 0.0187. The molecule has 4 aliphatic carbocycles. The molecule has 1 unspecified atom stereocenters. The number of hydrogen-bond donors (Lipinski definition) is 1. The van der Waals surface area contributed by atoms with Crippen molar-refractivity contribution in [3.63, 3.8) is 0 Å². The van der Waals surface area contributed by atoms with E-state index in [1.54, 1.807) is 7.11 Å². The van der Waals surface area contributed by atoms with Gasteiger partial charge in [-0.3, -0.25) is 4.79 Å². The molecule has 1 amide bonds. The number of hydrogen-bond acceptors (Lipinski definition) is 2. The Labute approximate surface area is 167 Å². The van der Waals surface area contributed by atoms with Crippen LogP contribution in [0.3, 0.4) is 0 Å². The predicted molar refractivity (Wildman–Crippen MR) is 113 cm³/mol. The van der Waals surface area contributed by atoms with E-state index < -0.39 is 0 Å². The third-order valence-corrected chi connectivity index (χ3v) is 7.85. The van der Waals surface area contributed by atoms with Crippen molar-refractivity contribution in [1.29, 1.82) is 0 Å². The zero-order chi connectivity index (χ0) is 19.3. The van der Waals surface area contributed by atoms with Crippen molar-refractivity contribution >= 4 is 16.7 Å². The van der Waals surface area contributed by atoms with Crippen molar-refractivity contribution in [2.75, 3.05) is 7.11 Å². The van der Waals surface area contributed by atoms with Gasteiger partial charge < -0.3 is 10.1 Å². The summed E-state index contributed by atoms with van der Waals surface area (Å²) in [4.78, 5) is 13.3. The topological polar surface area (TPSA) is 38.3 Å². The van der Waals surface area contributed by atoms with Crippen LogP contribution in [0.1, 0.15) is 62.2 Å². The predicted octanol–water partition coefficient (Wildman–Crippen LogP) is 5.57. The van der Waals surface area contributed by atoms with Crippen molar-refractivity contribution < 1.29 is 9.53 Å². The molecular formula is C25H31NO2. The molecular weight excluding hydrogens is 346 g/mol. The van der Waals surface area contributed by atoms with E-state index in [-0.39, 0.29) is 11.9 Å². The second-order valence-electron chi connectivity index (χ2n) is 9.61. The molecule has 4 bridgehead atoms. The average Bonchev–Trinajstić information content (AvgIpc) is 2.69. The lowest BCUT2D eigenvalue weighted by Gasteiger charge is -2.59. The smallest absolute Gasteiger partial charge is 0.255 e. The highest BCUT2D eigenvalue weighted by Gasteiger charge is 2.54. The van der Waals surface area contributed by atoms with Crippen molar-refractivity contribution in [3.05, 3.63) is 42.0 Å². The first-order chi connectivity index (χ1) is 13.6.